The van der Waals surface area contributed by atoms with Gasteiger partial charge in [-0.15, -0.1) is 0 Å². The minimum absolute atomic E-state index is 0. The molecule has 0 aliphatic rings. The average molecular weight is 828 g/mol. The van der Waals surface area contributed by atoms with Crippen LogP contribution in [-0.2, 0) is 17.1 Å². The minimum atomic E-state index is -0.0489. The fraction of sp³-hybridized carbons (Fsp3) is 0.133. The third-order valence-electron chi connectivity index (χ3n) is 5.51. The molecular weight excluding hydrogens is 804 g/mol. The first-order chi connectivity index (χ1) is 18.2. The molecule has 0 fully saturated rings. The molecule has 4 nitrogen and oxygen atoms in total. The van der Waals surface area contributed by atoms with Crippen molar-refractivity contribution in [1.82, 2.24) is 0 Å². The van der Waals surface area contributed by atoms with Crippen molar-refractivity contribution in [2.75, 3.05) is 0 Å². The third kappa shape index (κ3) is 10.3. The molecule has 0 saturated heterocycles. The first kappa shape index (κ1) is 33.5. The van der Waals surface area contributed by atoms with Gasteiger partial charge in [0.2, 0.25) is 0 Å². The van der Waals surface area contributed by atoms with E-state index < -0.39 is 0 Å². The number of halogens is 4. The fourth-order valence-electron chi connectivity index (χ4n) is 3.37. The first-order valence-electron chi connectivity index (χ1n) is 11.6. The number of hydrogen-bond donors (Lipinski definition) is 0. The number of aliphatic imine (C=N–C) groups is 2. The van der Waals surface area contributed by atoms with Crippen molar-refractivity contribution in [2.45, 2.75) is 25.9 Å². The molecule has 0 spiro atoms. The molecule has 0 bridgehead atoms. The quantitative estimate of drug-likeness (QED) is 0.144. The minimum Gasteiger partial charge on any atom is -0.871 e. The molecule has 205 valence electrons. The van der Waals surface area contributed by atoms with E-state index in [2.05, 4.69) is 73.7 Å². The topological polar surface area (TPSA) is 70.8 Å². The molecule has 0 aliphatic carbocycles. The molecule has 0 N–H and O–H groups in total. The van der Waals surface area contributed by atoms with E-state index in [1.54, 1.807) is 36.7 Å². The van der Waals surface area contributed by atoms with Crippen molar-refractivity contribution in [3.8, 4) is 11.5 Å². The molecule has 0 amide bonds. The van der Waals surface area contributed by atoms with Gasteiger partial charge >= 0.3 is 17.1 Å². The van der Waals surface area contributed by atoms with Crippen molar-refractivity contribution < 1.29 is 27.3 Å². The maximum Gasteiger partial charge on any atom is 2.00 e. The molecule has 4 aromatic carbocycles. The average Bonchev–Trinajstić information content (AvgIpc) is 2.92. The SMILES string of the molecule is C[C@H](N=Cc1cc(Br)cc(Br)c1[O-])c1ccccc1.C[C@H](N=Cc1cc(Br)cc(Br)c1[O-])c1ccccc1.[Cu+2]. The predicted octanol–water partition coefficient (Wildman–Crippen LogP) is 8.93. The summed E-state index contributed by atoms with van der Waals surface area (Å²) in [4.78, 5) is 8.88. The van der Waals surface area contributed by atoms with Gasteiger partial charge in [0.15, 0.2) is 0 Å². The van der Waals surface area contributed by atoms with Crippen LogP contribution < -0.4 is 10.2 Å². The molecule has 39 heavy (non-hydrogen) atoms. The van der Waals surface area contributed by atoms with Crippen LogP contribution in [0.25, 0.3) is 0 Å². The van der Waals surface area contributed by atoms with E-state index in [0.717, 1.165) is 20.1 Å². The Hall–Kier alpha value is -1.74. The smallest absolute Gasteiger partial charge is 0.871 e. The van der Waals surface area contributed by atoms with Crippen LogP contribution in [0.3, 0.4) is 0 Å². The fourth-order valence-corrected chi connectivity index (χ4v) is 5.89. The second-order valence-electron chi connectivity index (χ2n) is 8.34. The van der Waals surface area contributed by atoms with Crippen molar-refractivity contribution in [2.24, 2.45) is 9.98 Å². The zero-order valence-corrected chi connectivity index (χ0v) is 28.2. The van der Waals surface area contributed by atoms with E-state index in [4.69, 9.17) is 0 Å². The summed E-state index contributed by atoms with van der Waals surface area (Å²) >= 11 is 13.2. The van der Waals surface area contributed by atoms with Gasteiger partial charge in [0, 0.05) is 30.3 Å². The molecule has 4 rings (SSSR count). The van der Waals surface area contributed by atoms with Crippen molar-refractivity contribution in [3.05, 3.63) is 125 Å². The van der Waals surface area contributed by atoms with Crippen LogP contribution in [0.2, 0.25) is 0 Å². The van der Waals surface area contributed by atoms with Gasteiger partial charge in [0.25, 0.3) is 0 Å². The second kappa shape index (κ2) is 16.5. The summed E-state index contributed by atoms with van der Waals surface area (Å²) in [6.45, 7) is 4.01. The van der Waals surface area contributed by atoms with E-state index in [1.807, 2.05) is 74.5 Å². The summed E-state index contributed by atoms with van der Waals surface area (Å²) in [6.07, 6.45) is 3.27. The largest absolute Gasteiger partial charge is 2.00 e. The van der Waals surface area contributed by atoms with Crippen LogP contribution in [0.15, 0.2) is 113 Å². The van der Waals surface area contributed by atoms with Gasteiger partial charge in [-0.2, -0.15) is 0 Å². The predicted molar refractivity (Wildman–Crippen MR) is 167 cm³/mol. The molecule has 1 radical (unpaired) electrons. The molecule has 0 unspecified atom stereocenters. The number of rotatable bonds is 6. The monoisotopic (exact) mass is 823 g/mol. The number of benzene rings is 4. The maximum absolute atomic E-state index is 11.9. The first-order valence-corrected chi connectivity index (χ1v) is 14.8. The maximum atomic E-state index is 11.9. The Morgan fingerprint density at radius 3 is 1.26 bits per heavy atom. The molecule has 2 atom stereocenters. The summed E-state index contributed by atoms with van der Waals surface area (Å²) in [7, 11) is 0. The van der Waals surface area contributed by atoms with Crippen LogP contribution in [0.4, 0.5) is 0 Å². The van der Waals surface area contributed by atoms with Crippen LogP contribution in [0, 0.1) is 0 Å². The van der Waals surface area contributed by atoms with Gasteiger partial charge in [-0.3, -0.25) is 9.98 Å². The van der Waals surface area contributed by atoms with Crippen molar-refractivity contribution in [3.63, 3.8) is 0 Å². The van der Waals surface area contributed by atoms with Gasteiger partial charge in [0.1, 0.15) is 0 Å². The van der Waals surface area contributed by atoms with E-state index in [1.165, 1.54) is 0 Å². The van der Waals surface area contributed by atoms with E-state index in [-0.39, 0.29) is 40.7 Å². The number of hydrogen-bond acceptors (Lipinski definition) is 4. The summed E-state index contributed by atoms with van der Waals surface area (Å²) in [5.74, 6) is -0.0978. The Labute approximate surface area is 273 Å². The standard InChI is InChI=1S/2C15H13Br2NO.Cu/c2*1-10(11-5-3-2-4-6-11)18-9-12-7-13(16)8-14(17)15(12)19;/h2*2-10,19H,1H3;/q;;+2/p-2/t2*10-;/m00./s1. The van der Waals surface area contributed by atoms with Gasteiger partial charge in [-0.1, -0.05) is 136 Å². The molecule has 0 aromatic heterocycles. The molecule has 4 aromatic rings. The molecule has 9 heteroatoms. The molecular formula is C30H24Br4CuN2O2. The van der Waals surface area contributed by atoms with Gasteiger partial charge in [-0.05, 0) is 60.4 Å². The summed E-state index contributed by atoms with van der Waals surface area (Å²) in [6, 6.07) is 27.0. The van der Waals surface area contributed by atoms with Crippen LogP contribution >= 0.6 is 63.7 Å². The molecule has 0 heterocycles. The van der Waals surface area contributed by atoms with Gasteiger partial charge in [-0.25, -0.2) is 0 Å². The molecule has 0 aliphatic heterocycles. The summed E-state index contributed by atoms with van der Waals surface area (Å²) in [5, 5.41) is 23.8. The zero-order chi connectivity index (χ0) is 27.7. The Bertz CT molecular complexity index is 1310. The summed E-state index contributed by atoms with van der Waals surface area (Å²) in [5.41, 5.74) is 3.40. The Morgan fingerprint density at radius 1 is 0.590 bits per heavy atom. The van der Waals surface area contributed by atoms with Crippen LogP contribution in [0.1, 0.15) is 48.2 Å². The normalized spacial score (nSPS) is 12.5. The Balaban J connectivity index is 0.000000267. The van der Waals surface area contributed by atoms with E-state index in [0.29, 0.717) is 20.1 Å². The Morgan fingerprint density at radius 2 is 0.923 bits per heavy atom. The Kier molecular flexibility index (Phi) is 14.2. The van der Waals surface area contributed by atoms with Crippen molar-refractivity contribution >= 4 is 76.1 Å². The van der Waals surface area contributed by atoms with Crippen LogP contribution in [-0.4, -0.2) is 12.4 Å². The molecule has 0 saturated carbocycles. The second-order valence-corrected chi connectivity index (χ2v) is 11.9. The summed E-state index contributed by atoms with van der Waals surface area (Å²) < 4.78 is 2.78. The van der Waals surface area contributed by atoms with E-state index >= 15 is 0 Å². The zero-order valence-electron chi connectivity index (χ0n) is 20.9. The van der Waals surface area contributed by atoms with Crippen LogP contribution in [0.5, 0.6) is 11.5 Å². The van der Waals surface area contributed by atoms with E-state index in [9.17, 15) is 10.2 Å². The number of nitrogens with zero attached hydrogens (tertiary/aromatic N) is 2. The van der Waals surface area contributed by atoms with Gasteiger partial charge in [0.05, 0.1) is 12.1 Å². The van der Waals surface area contributed by atoms with Crippen molar-refractivity contribution in [1.29, 1.82) is 0 Å². The van der Waals surface area contributed by atoms with Gasteiger partial charge < -0.3 is 10.2 Å². The third-order valence-corrected chi connectivity index (χ3v) is 7.61.